The van der Waals surface area contributed by atoms with E-state index < -0.39 is 13.4 Å². The van der Waals surface area contributed by atoms with E-state index in [2.05, 4.69) is 27.7 Å². The van der Waals surface area contributed by atoms with E-state index in [4.69, 9.17) is 41.7 Å². The van der Waals surface area contributed by atoms with Crippen molar-refractivity contribution in [2.45, 2.75) is 233 Å². The fourth-order valence-corrected chi connectivity index (χ4v) is 8.18. The molecule has 0 radical (unpaired) electrons. The molecule has 0 aliphatic heterocycles. The van der Waals surface area contributed by atoms with E-state index in [0.717, 1.165) is 51.4 Å². The van der Waals surface area contributed by atoms with E-state index >= 15 is 0 Å². The molecule has 0 spiro atoms. The van der Waals surface area contributed by atoms with Crippen LogP contribution in [0.1, 0.15) is 233 Å². The van der Waals surface area contributed by atoms with Crippen LogP contribution < -0.4 is 9.79 Å². The van der Waals surface area contributed by atoms with Crippen molar-refractivity contribution < 1.29 is 47.4 Å². The largest absolute Gasteiger partial charge is 2.00 e. The minimum absolute atomic E-state index is 0. The molecule has 0 saturated heterocycles. The van der Waals surface area contributed by atoms with E-state index in [1.54, 1.807) is 0 Å². The maximum Gasteiger partial charge on any atom is 2.00 e. The number of hydrogen-bond acceptors (Lipinski definition) is 8. The maximum absolute atomic E-state index is 12.0. The molecule has 0 amide bonds. The van der Waals surface area contributed by atoms with Crippen LogP contribution in [0.25, 0.3) is 0 Å². The van der Waals surface area contributed by atoms with Crippen LogP contribution in [0.15, 0.2) is 0 Å². The first-order valence-corrected chi connectivity index (χ1v) is 26.6. The average Bonchev–Trinajstić information content (AvgIpc) is 3.09. The summed E-state index contributed by atoms with van der Waals surface area (Å²) in [6, 6.07) is 0. The summed E-state index contributed by atoms with van der Waals surface area (Å²) in [7, 11) is 0. The van der Waals surface area contributed by atoms with Crippen molar-refractivity contribution in [3.05, 3.63) is 0 Å². The van der Waals surface area contributed by atoms with E-state index in [-0.39, 0.29) is 19.5 Å². The molecule has 0 aliphatic carbocycles. The van der Waals surface area contributed by atoms with Crippen molar-refractivity contribution in [2.75, 3.05) is 26.4 Å². The standard InChI is InChI=1S/2C20H43O3PS.Zn/c2*1-3-5-7-9-11-13-15-17-19-22-24(21,25)23-20-18-16-14-12-10-8-6-4-2;/h2*3-20H2,1-2H3,(H,21,25);/q;;+2/p-2. The van der Waals surface area contributed by atoms with Crippen LogP contribution >= 0.6 is 13.4 Å². The predicted octanol–water partition coefficient (Wildman–Crippen LogP) is 13.8. The molecule has 11 heteroatoms. The van der Waals surface area contributed by atoms with E-state index in [1.165, 1.54) is 154 Å². The molecule has 0 bridgehead atoms. The van der Waals surface area contributed by atoms with E-state index in [0.29, 0.717) is 26.4 Å². The van der Waals surface area contributed by atoms with Crippen LogP contribution in [-0.2, 0) is 61.2 Å². The Morgan fingerprint density at radius 3 is 0.588 bits per heavy atom. The first-order valence-electron chi connectivity index (χ1n) is 21.4. The quantitative estimate of drug-likeness (QED) is 0.0342. The summed E-state index contributed by atoms with van der Waals surface area (Å²) in [5, 5.41) is 0. The molecule has 0 heterocycles. The van der Waals surface area contributed by atoms with Crippen LogP contribution in [0, 0.1) is 0 Å². The Bertz CT molecular complexity index is 642. The summed E-state index contributed by atoms with van der Waals surface area (Å²) in [5.74, 6) is 0. The van der Waals surface area contributed by atoms with E-state index in [1.807, 2.05) is 0 Å². The van der Waals surface area contributed by atoms with Crippen molar-refractivity contribution in [1.29, 1.82) is 0 Å². The van der Waals surface area contributed by atoms with Gasteiger partial charge in [0.15, 0.2) is 0 Å². The van der Waals surface area contributed by atoms with Crippen LogP contribution in [0.3, 0.4) is 0 Å². The van der Waals surface area contributed by atoms with Crippen LogP contribution in [-0.4, -0.2) is 26.4 Å². The third kappa shape index (κ3) is 51.7. The van der Waals surface area contributed by atoms with Gasteiger partial charge in [-0.2, -0.15) is 0 Å². The van der Waals surface area contributed by atoms with Gasteiger partial charge >= 0.3 is 19.5 Å². The molecule has 0 fully saturated rings. The average molecular weight is 853 g/mol. The number of rotatable bonds is 40. The first kappa shape index (κ1) is 57.0. The van der Waals surface area contributed by atoms with Gasteiger partial charge in [-0.3, -0.25) is 0 Å². The van der Waals surface area contributed by atoms with Crippen molar-refractivity contribution in [2.24, 2.45) is 0 Å². The number of unbranched alkanes of at least 4 members (excludes halogenated alkanes) is 28. The second-order valence-corrected chi connectivity index (χ2v) is 19.6. The maximum atomic E-state index is 12.0. The Morgan fingerprint density at radius 2 is 0.431 bits per heavy atom. The molecule has 0 unspecified atom stereocenters. The van der Waals surface area contributed by atoms with Gasteiger partial charge in [0.05, 0.1) is 26.4 Å². The molecule has 0 aromatic rings. The summed E-state index contributed by atoms with van der Waals surface area (Å²) >= 11 is 9.90. The molecule has 0 aromatic carbocycles. The van der Waals surface area contributed by atoms with Gasteiger partial charge in [0.1, 0.15) is 13.4 Å². The zero-order chi connectivity index (χ0) is 37.3. The molecule has 0 N–H and O–H groups in total. The van der Waals surface area contributed by atoms with Crippen molar-refractivity contribution in [3.8, 4) is 0 Å². The Balaban J connectivity index is -0.000000886. The Hall–Kier alpha value is 1.68. The van der Waals surface area contributed by atoms with E-state index in [9.17, 15) is 9.79 Å². The monoisotopic (exact) mass is 850 g/mol. The summed E-state index contributed by atoms with van der Waals surface area (Å²) in [6.07, 6.45) is 39.6. The second kappa shape index (κ2) is 46.1. The molecule has 0 aliphatic rings. The van der Waals surface area contributed by atoms with Crippen molar-refractivity contribution in [3.63, 3.8) is 0 Å². The van der Waals surface area contributed by atoms with Gasteiger partial charge in [0.2, 0.25) is 0 Å². The molecular formula is C40H84O6P2S2Zn. The third-order valence-corrected chi connectivity index (χ3v) is 12.2. The van der Waals surface area contributed by atoms with Crippen molar-refractivity contribution in [1.82, 2.24) is 0 Å². The predicted molar refractivity (Wildman–Crippen MR) is 223 cm³/mol. The second-order valence-electron chi connectivity index (χ2n) is 14.1. The fraction of sp³-hybridized carbons (Fsp3) is 1.00. The van der Waals surface area contributed by atoms with Gasteiger partial charge in [-0.1, -0.05) is 231 Å². The topological polar surface area (TPSA) is 83.0 Å². The van der Waals surface area contributed by atoms with Gasteiger partial charge in [-0.25, -0.2) is 0 Å². The van der Waals surface area contributed by atoms with Crippen LogP contribution in [0.2, 0.25) is 0 Å². The third-order valence-electron chi connectivity index (χ3n) is 8.99. The molecule has 0 rings (SSSR count). The summed E-state index contributed by atoms with van der Waals surface area (Å²) < 4.78 is 21.2. The Morgan fingerprint density at radius 1 is 0.294 bits per heavy atom. The molecule has 0 saturated carbocycles. The van der Waals surface area contributed by atoms with Crippen LogP contribution in [0.4, 0.5) is 0 Å². The molecule has 0 aromatic heterocycles. The zero-order valence-corrected chi connectivity index (χ0v) is 40.7. The summed E-state index contributed by atoms with van der Waals surface area (Å²) in [5.41, 5.74) is 0. The van der Waals surface area contributed by atoms with Gasteiger partial charge in [-0.05, 0) is 25.7 Å². The van der Waals surface area contributed by atoms with Crippen molar-refractivity contribution >= 4 is 37.1 Å². The Labute approximate surface area is 342 Å². The molecule has 304 valence electrons. The molecule has 51 heavy (non-hydrogen) atoms. The smallest absolute Gasteiger partial charge is 0.780 e. The van der Waals surface area contributed by atoms with Gasteiger partial charge in [0.25, 0.3) is 0 Å². The summed E-state index contributed by atoms with van der Waals surface area (Å²) in [6.45, 7) is 4.31. The SMILES string of the molecule is CCCCCCCCCCOP([O-])(=S)OCCCCCCCCCC.CCCCCCCCCCOP([O-])(=S)OCCCCCCCCCC.[Zn+2]. The normalized spacial score (nSPS) is 11.7. The zero-order valence-electron chi connectivity index (χ0n) is 34.3. The van der Waals surface area contributed by atoms with Gasteiger partial charge in [-0.15, -0.1) is 0 Å². The number of hydrogen-bond donors (Lipinski definition) is 0. The molecule has 6 nitrogen and oxygen atoms in total. The summed E-state index contributed by atoms with van der Waals surface area (Å²) in [4.78, 5) is 24.0. The van der Waals surface area contributed by atoms with Gasteiger partial charge in [0, 0.05) is 0 Å². The minimum Gasteiger partial charge on any atom is -0.780 e. The minimum atomic E-state index is -3.25. The van der Waals surface area contributed by atoms with Crippen LogP contribution in [0.5, 0.6) is 0 Å². The first-order chi connectivity index (χ1) is 24.2. The van der Waals surface area contributed by atoms with Gasteiger partial charge < -0.3 is 27.9 Å². The molecular weight excluding hydrogens is 768 g/mol. The Kier molecular flexibility index (Phi) is 51.5. The fourth-order valence-electron chi connectivity index (χ4n) is 5.72. The molecule has 0 atom stereocenters.